The quantitative estimate of drug-likeness (QED) is 0.574. The molecule has 3 nitrogen and oxygen atoms in total. The van der Waals surface area contributed by atoms with Crippen LogP contribution in [0, 0.1) is 11.3 Å². The molecule has 0 radical (unpaired) electrons. The summed E-state index contributed by atoms with van der Waals surface area (Å²) in [6.07, 6.45) is 9.35. The van der Waals surface area contributed by atoms with E-state index in [0.717, 1.165) is 12.1 Å². The predicted molar refractivity (Wildman–Crippen MR) is 91.2 cm³/mol. The Hall–Kier alpha value is -1.38. The summed E-state index contributed by atoms with van der Waals surface area (Å²) >= 11 is 0. The van der Waals surface area contributed by atoms with Crippen molar-refractivity contribution in [3.05, 3.63) is 30.1 Å². The summed E-state index contributed by atoms with van der Waals surface area (Å²) < 4.78 is 2.22. The topological polar surface area (TPSA) is 33.0 Å². The summed E-state index contributed by atoms with van der Waals surface area (Å²) in [5, 5.41) is 3.04. The molecule has 1 atom stereocenters. The Labute approximate surface area is 136 Å². The van der Waals surface area contributed by atoms with Crippen molar-refractivity contribution >= 4 is 5.91 Å². The number of hydrogen-bond donors (Lipinski definition) is 1. The van der Waals surface area contributed by atoms with Gasteiger partial charge in [-0.3, -0.25) is 4.79 Å². The Bertz CT molecular complexity index is 445. The molecule has 0 aromatic carbocycles. The van der Waals surface area contributed by atoms with Crippen LogP contribution in [0.5, 0.6) is 0 Å². The molecule has 1 heterocycles. The SMILES string of the molecule is CCCCCC[n+]1ccc(CNC(=O)C(C)C(C)(C)C)cc1. The number of carbonyl (C=O) groups excluding carboxylic acids is 1. The van der Waals surface area contributed by atoms with Gasteiger partial charge in [-0.2, -0.15) is 0 Å². The van der Waals surface area contributed by atoms with Gasteiger partial charge in [0.1, 0.15) is 6.54 Å². The molecule has 1 N–H and O–H groups in total. The van der Waals surface area contributed by atoms with Gasteiger partial charge in [-0.1, -0.05) is 47.5 Å². The maximum atomic E-state index is 12.1. The number of nitrogens with zero attached hydrogens (tertiary/aromatic N) is 1. The van der Waals surface area contributed by atoms with Crippen molar-refractivity contribution in [3.8, 4) is 0 Å². The molecule has 0 saturated carbocycles. The van der Waals surface area contributed by atoms with Crippen LogP contribution in [0.4, 0.5) is 0 Å². The van der Waals surface area contributed by atoms with Crippen molar-refractivity contribution in [3.63, 3.8) is 0 Å². The van der Waals surface area contributed by atoms with Crippen LogP contribution in [-0.2, 0) is 17.9 Å². The summed E-state index contributed by atoms with van der Waals surface area (Å²) in [6.45, 7) is 12.2. The first-order valence-corrected chi connectivity index (χ1v) is 8.60. The van der Waals surface area contributed by atoms with E-state index in [2.05, 4.69) is 62.1 Å². The van der Waals surface area contributed by atoms with Crippen LogP contribution in [0.2, 0.25) is 0 Å². The zero-order valence-electron chi connectivity index (χ0n) is 15.0. The first-order valence-electron chi connectivity index (χ1n) is 8.60. The molecule has 0 aliphatic heterocycles. The third-order valence-corrected chi connectivity index (χ3v) is 4.39. The number of rotatable bonds is 8. The van der Waals surface area contributed by atoms with Crippen molar-refractivity contribution in [1.29, 1.82) is 0 Å². The highest BCUT2D eigenvalue weighted by molar-refractivity contribution is 5.78. The van der Waals surface area contributed by atoms with E-state index in [1.165, 1.54) is 25.7 Å². The lowest BCUT2D eigenvalue weighted by Crippen LogP contribution is -2.36. The monoisotopic (exact) mass is 305 g/mol. The fourth-order valence-electron chi connectivity index (χ4n) is 2.21. The number of hydrogen-bond acceptors (Lipinski definition) is 1. The Morgan fingerprint density at radius 2 is 1.82 bits per heavy atom. The Kier molecular flexibility index (Phi) is 7.57. The van der Waals surface area contributed by atoms with Crippen molar-refractivity contribution in [1.82, 2.24) is 5.32 Å². The first kappa shape index (κ1) is 18.7. The van der Waals surface area contributed by atoms with E-state index in [0.29, 0.717) is 6.54 Å². The molecule has 0 aliphatic rings. The first-order chi connectivity index (χ1) is 10.3. The lowest BCUT2D eigenvalue weighted by atomic mass is 9.81. The number of nitrogens with one attached hydrogen (secondary N) is 1. The fraction of sp³-hybridized carbons (Fsp3) is 0.684. The summed E-state index contributed by atoms with van der Waals surface area (Å²) in [4.78, 5) is 12.1. The largest absolute Gasteiger partial charge is 0.352 e. The molecule has 1 rings (SSSR count). The maximum Gasteiger partial charge on any atom is 0.223 e. The van der Waals surface area contributed by atoms with Crippen molar-refractivity contribution in [2.75, 3.05) is 0 Å². The molecule has 124 valence electrons. The van der Waals surface area contributed by atoms with Gasteiger partial charge >= 0.3 is 0 Å². The average Bonchev–Trinajstić information content (AvgIpc) is 2.48. The summed E-state index contributed by atoms with van der Waals surface area (Å²) in [7, 11) is 0. The van der Waals surface area contributed by atoms with E-state index >= 15 is 0 Å². The second-order valence-corrected chi connectivity index (χ2v) is 7.31. The van der Waals surface area contributed by atoms with Crippen molar-refractivity contribution < 1.29 is 9.36 Å². The number of aromatic nitrogens is 1. The minimum absolute atomic E-state index is 0.00226. The zero-order chi connectivity index (χ0) is 16.6. The standard InChI is InChI=1S/C19H32N2O/c1-6-7-8-9-12-21-13-10-17(11-14-21)15-20-18(22)16(2)19(3,4)5/h10-11,13-14,16H,6-9,12,15H2,1-5H3/p+1. The number of carbonyl (C=O) groups is 1. The van der Waals surface area contributed by atoms with Crippen molar-refractivity contribution in [2.45, 2.75) is 73.4 Å². The number of amides is 1. The lowest BCUT2D eigenvalue weighted by molar-refractivity contribution is -0.697. The fourth-order valence-corrected chi connectivity index (χ4v) is 2.21. The van der Waals surface area contributed by atoms with Crippen LogP contribution in [-0.4, -0.2) is 5.91 Å². The van der Waals surface area contributed by atoms with Gasteiger partial charge < -0.3 is 5.32 Å². The normalized spacial score (nSPS) is 13.0. The minimum Gasteiger partial charge on any atom is -0.352 e. The summed E-state index contributed by atoms with van der Waals surface area (Å²) in [6, 6.07) is 4.20. The van der Waals surface area contributed by atoms with Gasteiger partial charge in [0, 0.05) is 31.0 Å². The highest BCUT2D eigenvalue weighted by atomic mass is 16.1. The van der Waals surface area contributed by atoms with Gasteiger partial charge in [0.2, 0.25) is 5.91 Å². The highest BCUT2D eigenvalue weighted by Gasteiger charge is 2.26. The smallest absolute Gasteiger partial charge is 0.223 e. The second-order valence-electron chi connectivity index (χ2n) is 7.31. The molecule has 22 heavy (non-hydrogen) atoms. The van der Waals surface area contributed by atoms with Crippen LogP contribution >= 0.6 is 0 Å². The molecule has 1 unspecified atom stereocenters. The Morgan fingerprint density at radius 3 is 2.36 bits per heavy atom. The Morgan fingerprint density at radius 1 is 1.18 bits per heavy atom. The lowest BCUT2D eigenvalue weighted by Gasteiger charge is -2.26. The summed E-state index contributed by atoms with van der Waals surface area (Å²) in [5.74, 6) is 0.142. The third-order valence-electron chi connectivity index (χ3n) is 4.39. The van der Waals surface area contributed by atoms with Gasteiger partial charge in [-0.05, 0) is 17.4 Å². The molecular weight excluding hydrogens is 272 g/mol. The average molecular weight is 305 g/mol. The molecule has 0 bridgehead atoms. The van der Waals surface area contributed by atoms with Gasteiger partial charge in [0.15, 0.2) is 12.4 Å². The molecule has 0 spiro atoms. The molecule has 3 heteroatoms. The van der Waals surface area contributed by atoms with Gasteiger partial charge in [-0.15, -0.1) is 0 Å². The van der Waals surface area contributed by atoms with Gasteiger partial charge in [0.05, 0.1) is 0 Å². The Balaban J connectivity index is 2.40. The van der Waals surface area contributed by atoms with Crippen LogP contribution in [0.1, 0.15) is 65.9 Å². The zero-order valence-corrected chi connectivity index (χ0v) is 15.0. The van der Waals surface area contributed by atoms with Crippen LogP contribution < -0.4 is 9.88 Å². The molecule has 1 aromatic heterocycles. The highest BCUT2D eigenvalue weighted by Crippen LogP contribution is 2.25. The predicted octanol–water partition coefficient (Wildman–Crippen LogP) is 3.85. The molecule has 0 aliphatic carbocycles. The van der Waals surface area contributed by atoms with Crippen LogP contribution in [0.25, 0.3) is 0 Å². The second kappa shape index (κ2) is 8.92. The van der Waals surface area contributed by atoms with Gasteiger partial charge in [0.25, 0.3) is 0 Å². The van der Waals surface area contributed by atoms with Crippen LogP contribution in [0.3, 0.4) is 0 Å². The number of aryl methyl sites for hydroxylation is 1. The minimum atomic E-state index is 0.00226. The number of pyridine rings is 1. The van der Waals surface area contributed by atoms with E-state index < -0.39 is 0 Å². The van der Waals surface area contributed by atoms with E-state index in [4.69, 9.17) is 0 Å². The molecule has 1 aromatic rings. The molecule has 0 saturated heterocycles. The van der Waals surface area contributed by atoms with E-state index in [1.54, 1.807) is 0 Å². The van der Waals surface area contributed by atoms with Gasteiger partial charge in [-0.25, -0.2) is 4.57 Å². The van der Waals surface area contributed by atoms with Crippen molar-refractivity contribution in [2.24, 2.45) is 11.3 Å². The van der Waals surface area contributed by atoms with Crippen LogP contribution in [0.15, 0.2) is 24.5 Å². The van der Waals surface area contributed by atoms with E-state index in [9.17, 15) is 4.79 Å². The summed E-state index contributed by atoms with van der Waals surface area (Å²) in [5.41, 5.74) is 1.15. The van der Waals surface area contributed by atoms with E-state index in [1.807, 2.05) is 6.92 Å². The van der Waals surface area contributed by atoms with E-state index in [-0.39, 0.29) is 17.2 Å². The molecule has 1 amide bonds. The molecule has 0 fully saturated rings. The number of unbranched alkanes of at least 4 members (excludes halogenated alkanes) is 3. The maximum absolute atomic E-state index is 12.1. The third kappa shape index (κ3) is 6.59. The molecular formula is C19H33N2O+.